The van der Waals surface area contributed by atoms with Crippen LogP contribution in [0.3, 0.4) is 0 Å². The molecule has 7 nitrogen and oxygen atoms in total. The lowest BCUT2D eigenvalue weighted by molar-refractivity contribution is 0.00867. The van der Waals surface area contributed by atoms with Crippen LogP contribution in [-0.2, 0) is 11.3 Å². The Morgan fingerprint density at radius 1 is 1.27 bits per heavy atom. The van der Waals surface area contributed by atoms with Crippen molar-refractivity contribution in [3.8, 4) is 0 Å². The predicted octanol–water partition coefficient (Wildman–Crippen LogP) is 1.80. The van der Waals surface area contributed by atoms with Crippen LogP contribution in [-0.4, -0.2) is 72.6 Å². The summed E-state index contributed by atoms with van der Waals surface area (Å²) in [6, 6.07) is 2.42. The zero-order valence-corrected chi connectivity index (χ0v) is 18.7. The number of morpholine rings is 1. The number of guanidine groups is 1. The fourth-order valence-electron chi connectivity index (χ4n) is 3.06. The van der Waals surface area contributed by atoms with Crippen molar-refractivity contribution >= 4 is 29.9 Å². The molecular formula is C18H35IN6O. The third-order valence-electron chi connectivity index (χ3n) is 4.48. The first kappa shape index (κ1) is 23.2. The number of rotatable bonds is 9. The van der Waals surface area contributed by atoms with Gasteiger partial charge in [0.25, 0.3) is 0 Å². The van der Waals surface area contributed by atoms with E-state index in [1.54, 1.807) is 0 Å². The van der Waals surface area contributed by atoms with Crippen molar-refractivity contribution in [3.63, 3.8) is 0 Å². The predicted molar refractivity (Wildman–Crippen MR) is 117 cm³/mol. The molecule has 26 heavy (non-hydrogen) atoms. The second kappa shape index (κ2) is 13.3. The van der Waals surface area contributed by atoms with Gasteiger partial charge in [-0.1, -0.05) is 13.8 Å². The average molecular weight is 478 g/mol. The topological polar surface area (TPSA) is 66.7 Å². The van der Waals surface area contributed by atoms with E-state index in [2.05, 4.69) is 41.4 Å². The molecule has 0 radical (unpaired) electrons. The van der Waals surface area contributed by atoms with Gasteiger partial charge in [0.1, 0.15) is 0 Å². The zero-order chi connectivity index (χ0) is 17.9. The van der Waals surface area contributed by atoms with E-state index in [1.807, 2.05) is 23.1 Å². The summed E-state index contributed by atoms with van der Waals surface area (Å²) >= 11 is 0. The summed E-state index contributed by atoms with van der Waals surface area (Å²) in [6.45, 7) is 13.8. The fourth-order valence-corrected chi connectivity index (χ4v) is 3.06. The van der Waals surface area contributed by atoms with Crippen molar-refractivity contribution in [2.24, 2.45) is 10.9 Å². The quantitative estimate of drug-likeness (QED) is 0.245. The molecule has 1 atom stereocenters. The molecule has 0 aromatic carbocycles. The van der Waals surface area contributed by atoms with E-state index < -0.39 is 0 Å². The molecule has 1 aromatic rings. The summed E-state index contributed by atoms with van der Waals surface area (Å²) < 4.78 is 7.44. The molecule has 2 rings (SSSR count). The molecule has 0 saturated carbocycles. The molecule has 1 aliphatic heterocycles. The van der Waals surface area contributed by atoms with Gasteiger partial charge in [-0.15, -0.1) is 24.0 Å². The Morgan fingerprint density at radius 3 is 2.65 bits per heavy atom. The van der Waals surface area contributed by atoms with Crippen LogP contribution < -0.4 is 10.6 Å². The van der Waals surface area contributed by atoms with Crippen LogP contribution >= 0.6 is 24.0 Å². The molecule has 1 saturated heterocycles. The van der Waals surface area contributed by atoms with Gasteiger partial charge in [0, 0.05) is 51.2 Å². The molecular weight excluding hydrogens is 443 g/mol. The highest BCUT2D eigenvalue weighted by molar-refractivity contribution is 14.0. The largest absolute Gasteiger partial charge is 0.379 e. The van der Waals surface area contributed by atoms with E-state index in [-0.39, 0.29) is 24.0 Å². The van der Waals surface area contributed by atoms with Crippen LogP contribution in [0.2, 0.25) is 0 Å². The number of ether oxygens (including phenoxy) is 1. The Morgan fingerprint density at radius 2 is 2.04 bits per heavy atom. The van der Waals surface area contributed by atoms with Gasteiger partial charge >= 0.3 is 0 Å². The molecule has 2 N–H and O–H groups in total. The summed E-state index contributed by atoms with van der Waals surface area (Å²) in [5.74, 6) is 1.48. The molecule has 8 heteroatoms. The average Bonchev–Trinajstić information content (AvgIpc) is 3.13. The molecule has 1 aliphatic rings. The third kappa shape index (κ3) is 8.22. The lowest BCUT2D eigenvalue weighted by Gasteiger charge is -2.36. The van der Waals surface area contributed by atoms with Crippen molar-refractivity contribution < 1.29 is 4.74 Å². The van der Waals surface area contributed by atoms with Gasteiger partial charge in [0.05, 0.1) is 19.8 Å². The highest BCUT2D eigenvalue weighted by atomic mass is 127. The first-order chi connectivity index (χ1) is 12.2. The molecule has 150 valence electrons. The van der Waals surface area contributed by atoms with E-state index in [0.29, 0.717) is 12.0 Å². The maximum atomic E-state index is 5.48. The molecule has 0 amide bonds. The number of halogens is 1. The molecule has 0 spiro atoms. The number of aryl methyl sites for hydroxylation is 1. The summed E-state index contributed by atoms with van der Waals surface area (Å²) in [6.07, 6.45) is 4.83. The Labute approximate surface area is 175 Å². The van der Waals surface area contributed by atoms with Gasteiger partial charge in [-0.05, 0) is 25.3 Å². The van der Waals surface area contributed by atoms with E-state index in [1.165, 1.54) is 0 Å². The minimum Gasteiger partial charge on any atom is -0.379 e. The van der Waals surface area contributed by atoms with Gasteiger partial charge in [0.15, 0.2) is 5.96 Å². The second-order valence-corrected chi connectivity index (χ2v) is 6.73. The van der Waals surface area contributed by atoms with E-state index >= 15 is 0 Å². The SMILES string of the molecule is CCNC(=NCC(C(C)C)N1CCOCC1)NCCCn1cccn1.I. The maximum absolute atomic E-state index is 5.48. The lowest BCUT2D eigenvalue weighted by Crippen LogP contribution is -2.48. The minimum atomic E-state index is 0. The third-order valence-corrected chi connectivity index (χ3v) is 4.48. The van der Waals surface area contributed by atoms with Gasteiger partial charge in [0.2, 0.25) is 0 Å². The fraction of sp³-hybridized carbons (Fsp3) is 0.778. The second-order valence-electron chi connectivity index (χ2n) is 6.73. The number of aromatic nitrogens is 2. The molecule has 0 aliphatic carbocycles. The van der Waals surface area contributed by atoms with E-state index in [4.69, 9.17) is 9.73 Å². The van der Waals surface area contributed by atoms with Crippen molar-refractivity contribution in [2.75, 3.05) is 45.9 Å². The highest BCUT2D eigenvalue weighted by Gasteiger charge is 2.23. The Balaban J connectivity index is 0.00000338. The van der Waals surface area contributed by atoms with Crippen LogP contribution in [0.1, 0.15) is 27.2 Å². The molecule has 1 unspecified atom stereocenters. The van der Waals surface area contributed by atoms with Crippen molar-refractivity contribution in [2.45, 2.75) is 39.8 Å². The van der Waals surface area contributed by atoms with E-state index in [9.17, 15) is 0 Å². The first-order valence-corrected chi connectivity index (χ1v) is 9.52. The standard InChI is InChI=1S/C18H34N6O.HI/c1-4-19-18(20-7-5-9-24-10-6-8-22-24)21-15-17(16(2)3)23-11-13-25-14-12-23;/h6,8,10,16-17H,4-5,7,9,11-15H2,1-3H3,(H2,19,20,21);1H. The van der Waals surface area contributed by atoms with Gasteiger partial charge < -0.3 is 15.4 Å². The molecule has 2 heterocycles. The van der Waals surface area contributed by atoms with Crippen LogP contribution in [0.15, 0.2) is 23.5 Å². The summed E-state index contributed by atoms with van der Waals surface area (Å²) in [5.41, 5.74) is 0. The number of aliphatic imine (C=N–C) groups is 1. The van der Waals surface area contributed by atoms with Crippen LogP contribution in [0.4, 0.5) is 0 Å². The van der Waals surface area contributed by atoms with Crippen molar-refractivity contribution in [3.05, 3.63) is 18.5 Å². The van der Waals surface area contributed by atoms with Crippen LogP contribution in [0, 0.1) is 5.92 Å². The zero-order valence-electron chi connectivity index (χ0n) is 16.4. The first-order valence-electron chi connectivity index (χ1n) is 9.52. The van der Waals surface area contributed by atoms with Crippen molar-refractivity contribution in [1.82, 2.24) is 25.3 Å². The summed E-state index contributed by atoms with van der Waals surface area (Å²) in [4.78, 5) is 7.35. The Hall–Kier alpha value is -0.870. The van der Waals surface area contributed by atoms with Gasteiger partial charge in [-0.2, -0.15) is 5.10 Å². The van der Waals surface area contributed by atoms with Crippen LogP contribution in [0.25, 0.3) is 0 Å². The molecule has 1 fully saturated rings. The normalized spacial score (nSPS) is 17.0. The Kier molecular flexibility index (Phi) is 11.9. The van der Waals surface area contributed by atoms with Crippen LogP contribution in [0.5, 0.6) is 0 Å². The monoisotopic (exact) mass is 478 g/mol. The molecule has 0 bridgehead atoms. The van der Waals surface area contributed by atoms with Crippen molar-refractivity contribution in [1.29, 1.82) is 0 Å². The smallest absolute Gasteiger partial charge is 0.191 e. The lowest BCUT2D eigenvalue weighted by atomic mass is 10.0. The molecule has 1 aromatic heterocycles. The highest BCUT2D eigenvalue weighted by Crippen LogP contribution is 2.13. The number of nitrogens with zero attached hydrogens (tertiary/aromatic N) is 4. The number of nitrogens with one attached hydrogen (secondary N) is 2. The number of hydrogen-bond donors (Lipinski definition) is 2. The minimum absolute atomic E-state index is 0. The van der Waals surface area contributed by atoms with Gasteiger partial charge in [-0.3, -0.25) is 14.6 Å². The maximum Gasteiger partial charge on any atom is 0.191 e. The van der Waals surface area contributed by atoms with E-state index in [0.717, 1.165) is 64.9 Å². The summed E-state index contributed by atoms with van der Waals surface area (Å²) in [5, 5.41) is 11.0. The number of hydrogen-bond acceptors (Lipinski definition) is 4. The Bertz CT molecular complexity index is 488. The summed E-state index contributed by atoms with van der Waals surface area (Å²) in [7, 11) is 0. The van der Waals surface area contributed by atoms with Gasteiger partial charge in [-0.25, -0.2) is 0 Å².